The summed E-state index contributed by atoms with van der Waals surface area (Å²) in [6.07, 6.45) is 0. The molecule has 0 spiro atoms. The molecule has 7 rings (SSSR count). The molecular weight excluding hydrogens is 562 g/mol. The molecule has 0 saturated carbocycles. The molecule has 11 heteroatoms. The quantitative estimate of drug-likeness (QED) is 0.199. The summed E-state index contributed by atoms with van der Waals surface area (Å²) in [5.74, 6) is 0. The van der Waals surface area contributed by atoms with Gasteiger partial charge in [-0.15, -0.1) is 21.9 Å². The van der Waals surface area contributed by atoms with Crippen molar-refractivity contribution in [3.63, 3.8) is 0 Å². The summed E-state index contributed by atoms with van der Waals surface area (Å²) in [5.41, 5.74) is 4.27. The van der Waals surface area contributed by atoms with Crippen LogP contribution in [0.15, 0.2) is 66.7 Å². The zero-order valence-electron chi connectivity index (χ0n) is 26.9. The van der Waals surface area contributed by atoms with E-state index >= 15 is 0 Å². The fraction of sp³-hybridized carbons (Fsp3) is 0.167. The Hall–Kier alpha value is -3.40. The van der Waals surface area contributed by atoms with Crippen molar-refractivity contribution in [1.82, 2.24) is 0 Å². The zero-order valence-corrected chi connectivity index (χ0v) is 26.9. The van der Waals surface area contributed by atoms with Crippen LogP contribution in [0.25, 0.3) is 54.6 Å². The molecule has 6 aromatic rings. The lowest BCUT2D eigenvalue weighted by molar-refractivity contribution is 0.00578. The minimum Gasteiger partial charge on any atom is -0.399 e. The molecule has 2 nitrogen and oxygen atoms in total. The van der Waals surface area contributed by atoms with E-state index in [2.05, 4.69) is 0 Å². The van der Waals surface area contributed by atoms with Gasteiger partial charge in [0, 0.05) is 0 Å². The lowest BCUT2D eigenvalue weighted by Crippen LogP contribution is -2.50. The maximum atomic E-state index is 6.93. The van der Waals surface area contributed by atoms with Crippen LogP contribution in [0.5, 0.6) is 0 Å². The van der Waals surface area contributed by atoms with Crippen LogP contribution in [0.2, 0.25) is 0 Å². The Bertz CT molecular complexity index is 2210. The van der Waals surface area contributed by atoms with E-state index < -0.39 is 18.3 Å². The lowest BCUT2D eigenvalue weighted by Gasteiger charge is -2.32. The van der Waals surface area contributed by atoms with Crippen LogP contribution in [0, 0.1) is 0 Å². The SMILES string of the molecule is [B]c1c([B])c([B])c2c(-c3cccc4ccccc34)c3c([B])c([B])c([B])c([B])c3c(-c3cccc(B4OC(C)(C)C(C)(C)O4)c3)c2c1[B]. The van der Waals surface area contributed by atoms with Gasteiger partial charge in [0.05, 0.1) is 11.2 Å². The van der Waals surface area contributed by atoms with Gasteiger partial charge in [-0.25, -0.2) is 0 Å². The Morgan fingerprint density at radius 1 is 0.489 bits per heavy atom. The molecule has 0 bridgehead atoms. The second kappa shape index (κ2) is 11.1. The van der Waals surface area contributed by atoms with Gasteiger partial charge in [-0.3, -0.25) is 0 Å². The highest BCUT2D eigenvalue weighted by atomic mass is 16.7. The van der Waals surface area contributed by atoms with Crippen molar-refractivity contribution in [2.24, 2.45) is 0 Å². The highest BCUT2D eigenvalue weighted by molar-refractivity contribution is 6.71. The van der Waals surface area contributed by atoms with E-state index in [-0.39, 0.29) is 43.7 Å². The average molecular weight is 585 g/mol. The first-order valence-electron chi connectivity index (χ1n) is 15.4. The van der Waals surface area contributed by atoms with Crippen LogP contribution in [0.1, 0.15) is 27.7 Å². The molecule has 0 N–H and O–H groups in total. The van der Waals surface area contributed by atoms with Gasteiger partial charge in [-0.1, -0.05) is 88.6 Å². The minimum atomic E-state index is -0.626. The predicted octanol–water partition coefficient (Wildman–Crippen LogP) is -0.870. The summed E-state index contributed by atoms with van der Waals surface area (Å²) >= 11 is 0. The normalized spacial score (nSPS) is 15.6. The first-order chi connectivity index (χ1) is 22.2. The summed E-state index contributed by atoms with van der Waals surface area (Å²) in [7, 11) is 53.3. The van der Waals surface area contributed by atoms with Crippen molar-refractivity contribution in [1.29, 1.82) is 0 Å². The Labute approximate surface area is 287 Å². The molecule has 0 aromatic heterocycles. The maximum Gasteiger partial charge on any atom is 0.494 e. The average Bonchev–Trinajstić information content (AvgIpc) is 3.28. The summed E-state index contributed by atoms with van der Waals surface area (Å²) < 4.78 is 12.8. The molecule has 6 aromatic carbocycles. The molecule has 1 aliphatic heterocycles. The van der Waals surface area contributed by atoms with Crippen molar-refractivity contribution < 1.29 is 9.31 Å². The second-order valence-electron chi connectivity index (χ2n) is 13.3. The molecule has 16 radical (unpaired) electrons. The number of hydrogen-bond donors (Lipinski definition) is 0. The van der Waals surface area contributed by atoms with Crippen molar-refractivity contribution in [2.45, 2.75) is 38.9 Å². The fourth-order valence-electron chi connectivity index (χ4n) is 6.77. The minimum absolute atomic E-state index is 0.163. The number of benzene rings is 6. The molecule has 1 saturated heterocycles. The van der Waals surface area contributed by atoms with E-state index in [1.54, 1.807) is 0 Å². The third-order valence-corrected chi connectivity index (χ3v) is 10.1. The molecule has 206 valence electrons. The molecule has 0 atom stereocenters. The van der Waals surface area contributed by atoms with Crippen LogP contribution >= 0.6 is 0 Å². The molecule has 1 aliphatic rings. The van der Waals surface area contributed by atoms with Gasteiger partial charge < -0.3 is 9.31 Å². The van der Waals surface area contributed by atoms with Crippen molar-refractivity contribution in [3.05, 3.63) is 66.7 Å². The van der Waals surface area contributed by atoms with Crippen molar-refractivity contribution in [2.75, 3.05) is 0 Å². The fourth-order valence-corrected chi connectivity index (χ4v) is 6.77. The second-order valence-corrected chi connectivity index (χ2v) is 13.3. The van der Waals surface area contributed by atoms with Crippen LogP contribution < -0.4 is 49.2 Å². The first-order valence-corrected chi connectivity index (χ1v) is 15.4. The number of rotatable bonds is 3. The molecule has 1 heterocycles. The Balaban J connectivity index is 1.71. The lowest BCUT2D eigenvalue weighted by atomic mass is 9.59. The molecule has 0 unspecified atom stereocenters. The molecule has 47 heavy (non-hydrogen) atoms. The van der Waals surface area contributed by atoms with Gasteiger partial charge in [-0.2, -0.15) is 0 Å². The van der Waals surface area contributed by atoms with Crippen molar-refractivity contribution >= 4 is 151 Å². The van der Waals surface area contributed by atoms with Gasteiger partial charge in [0.15, 0.2) is 0 Å². The van der Waals surface area contributed by atoms with E-state index in [9.17, 15) is 0 Å². The van der Waals surface area contributed by atoms with Crippen LogP contribution in [0.3, 0.4) is 0 Å². The largest absolute Gasteiger partial charge is 0.494 e. The van der Waals surface area contributed by atoms with E-state index in [1.165, 1.54) is 0 Å². The summed E-state index contributed by atoms with van der Waals surface area (Å²) in [5, 5.41) is 4.23. The molecular formula is C36H23B9O2. The van der Waals surface area contributed by atoms with Gasteiger partial charge in [0.2, 0.25) is 0 Å². The highest BCUT2D eigenvalue weighted by Gasteiger charge is 2.51. The highest BCUT2D eigenvalue weighted by Crippen LogP contribution is 2.43. The third-order valence-electron chi connectivity index (χ3n) is 10.1. The third kappa shape index (κ3) is 4.67. The Morgan fingerprint density at radius 3 is 1.47 bits per heavy atom. The van der Waals surface area contributed by atoms with E-state index in [0.717, 1.165) is 27.4 Å². The first kappa shape index (κ1) is 32.2. The Kier molecular flexibility index (Phi) is 7.58. The molecule has 1 fully saturated rings. The van der Waals surface area contributed by atoms with Crippen LogP contribution in [0.4, 0.5) is 0 Å². The van der Waals surface area contributed by atoms with Gasteiger partial charge >= 0.3 is 7.12 Å². The van der Waals surface area contributed by atoms with E-state index in [1.807, 2.05) is 94.4 Å². The summed E-state index contributed by atoms with van der Waals surface area (Å²) in [6.45, 7) is 8.04. The van der Waals surface area contributed by atoms with Crippen LogP contribution in [-0.4, -0.2) is 81.1 Å². The maximum absolute atomic E-state index is 6.93. The van der Waals surface area contributed by atoms with Crippen molar-refractivity contribution in [3.8, 4) is 22.3 Å². The molecule has 0 amide bonds. The monoisotopic (exact) mass is 586 g/mol. The summed E-state index contributed by atoms with van der Waals surface area (Å²) in [4.78, 5) is 0. The molecule has 0 aliphatic carbocycles. The van der Waals surface area contributed by atoms with Crippen LogP contribution in [-0.2, 0) is 9.31 Å². The van der Waals surface area contributed by atoms with E-state index in [4.69, 9.17) is 72.1 Å². The number of fused-ring (bicyclic) bond motifs is 3. The number of hydrogen-bond acceptors (Lipinski definition) is 2. The van der Waals surface area contributed by atoms with E-state index in [0.29, 0.717) is 32.7 Å². The standard InChI is InChI=1S/C36H23B9O2/c1-35(2)36(3,4)47-45(46-35)18-12-7-11-17(15-18)21-23-25(29(39)33(43)31(41)27(23)37)22(20-14-8-10-16-9-5-6-13-19(16)20)26-24(21)28(38)32(42)34(44)30(26)40/h5-15H,1-4H3. The Morgan fingerprint density at radius 2 is 0.936 bits per heavy atom. The van der Waals surface area contributed by atoms with Gasteiger partial charge in [0.25, 0.3) is 0 Å². The van der Waals surface area contributed by atoms with Gasteiger partial charge in [-0.05, 0) is 87.7 Å². The summed E-state index contributed by atoms with van der Waals surface area (Å²) in [6, 6.07) is 21.8. The smallest absolute Gasteiger partial charge is 0.399 e. The zero-order chi connectivity index (χ0) is 33.7. The van der Waals surface area contributed by atoms with Gasteiger partial charge in [0.1, 0.15) is 62.8 Å². The topological polar surface area (TPSA) is 18.5 Å². The predicted molar refractivity (Wildman–Crippen MR) is 209 cm³/mol.